The van der Waals surface area contributed by atoms with Crippen LogP contribution in [0.15, 0.2) is 0 Å². The van der Waals surface area contributed by atoms with Crippen molar-refractivity contribution in [1.29, 1.82) is 0 Å². The highest BCUT2D eigenvalue weighted by Gasteiger charge is 2.21. The van der Waals surface area contributed by atoms with Crippen LogP contribution in [0.2, 0.25) is 0 Å². The van der Waals surface area contributed by atoms with Crippen molar-refractivity contribution in [3.05, 3.63) is 0 Å². The average molecular weight is 244 g/mol. The zero-order valence-electron chi connectivity index (χ0n) is 11.7. The van der Waals surface area contributed by atoms with Crippen LogP contribution in [0.3, 0.4) is 0 Å². The Morgan fingerprint density at radius 1 is 1.35 bits per heavy atom. The van der Waals surface area contributed by atoms with Crippen LogP contribution in [-0.2, 0) is 4.79 Å². The minimum absolute atomic E-state index is 0.0239. The number of nitrogens with two attached hydrogens (primary N) is 1. The lowest BCUT2D eigenvalue weighted by molar-refractivity contribution is -0.134. The third-order valence-electron chi connectivity index (χ3n) is 3.12. The maximum absolute atomic E-state index is 12.0. The van der Waals surface area contributed by atoms with Gasteiger partial charge in [-0.25, -0.2) is 0 Å². The van der Waals surface area contributed by atoms with E-state index in [1.807, 2.05) is 13.8 Å². The first-order valence-electron chi connectivity index (χ1n) is 6.44. The van der Waals surface area contributed by atoms with Crippen LogP contribution in [0.4, 0.5) is 0 Å². The Hall–Kier alpha value is -0.610. The minimum atomic E-state index is 0.0239. The Kier molecular flexibility index (Phi) is 7.39. The molecule has 0 aromatic carbocycles. The highest BCUT2D eigenvalue weighted by Crippen LogP contribution is 2.26. The summed E-state index contributed by atoms with van der Waals surface area (Å²) in [5.41, 5.74) is 5.67. The van der Waals surface area contributed by atoms with Crippen molar-refractivity contribution in [3.63, 3.8) is 0 Å². The van der Waals surface area contributed by atoms with E-state index in [2.05, 4.69) is 13.8 Å². The van der Waals surface area contributed by atoms with E-state index in [0.717, 1.165) is 12.8 Å². The molecule has 0 bridgehead atoms. The molecule has 0 aromatic heterocycles. The lowest BCUT2D eigenvalue weighted by atomic mass is 9.84. The molecule has 102 valence electrons. The molecular formula is C13H28N2O2. The molecule has 3 N–H and O–H groups in total. The van der Waals surface area contributed by atoms with Crippen LogP contribution >= 0.6 is 0 Å². The van der Waals surface area contributed by atoms with Gasteiger partial charge in [0.25, 0.3) is 0 Å². The van der Waals surface area contributed by atoms with Crippen LogP contribution in [0.1, 0.15) is 47.0 Å². The number of amides is 1. The Balaban J connectivity index is 4.22. The lowest BCUT2D eigenvalue weighted by Crippen LogP contribution is -2.39. The fourth-order valence-electron chi connectivity index (χ4n) is 1.88. The van der Waals surface area contributed by atoms with E-state index in [4.69, 9.17) is 10.8 Å². The quantitative estimate of drug-likeness (QED) is 0.677. The van der Waals surface area contributed by atoms with Gasteiger partial charge in [0.15, 0.2) is 0 Å². The van der Waals surface area contributed by atoms with Crippen molar-refractivity contribution >= 4 is 5.91 Å². The van der Waals surface area contributed by atoms with E-state index < -0.39 is 0 Å². The fourth-order valence-corrected chi connectivity index (χ4v) is 1.88. The largest absolute Gasteiger partial charge is 0.395 e. The number of carbonyl (C=O) groups is 1. The summed E-state index contributed by atoms with van der Waals surface area (Å²) in [6.07, 6.45) is 2.31. The first-order chi connectivity index (χ1) is 7.84. The topological polar surface area (TPSA) is 66.6 Å². The molecule has 0 aliphatic heterocycles. The Labute approximate surface area is 105 Å². The van der Waals surface area contributed by atoms with Gasteiger partial charge in [-0.05, 0) is 38.6 Å². The van der Waals surface area contributed by atoms with Gasteiger partial charge >= 0.3 is 0 Å². The molecule has 0 spiro atoms. The highest BCUT2D eigenvalue weighted by molar-refractivity contribution is 5.76. The van der Waals surface area contributed by atoms with Crippen molar-refractivity contribution in [1.82, 2.24) is 4.90 Å². The highest BCUT2D eigenvalue weighted by atomic mass is 16.3. The molecule has 0 fully saturated rings. The standard InChI is InChI=1S/C13H28N2O2/c1-11(2)15(9-10-16)12(17)5-6-13(3,4)7-8-14/h11,16H,5-10,14H2,1-4H3. The number of hydrogen-bond donors (Lipinski definition) is 2. The summed E-state index contributed by atoms with van der Waals surface area (Å²) in [6, 6.07) is 0.146. The molecule has 0 rings (SSSR count). The van der Waals surface area contributed by atoms with Crippen LogP contribution in [0.25, 0.3) is 0 Å². The van der Waals surface area contributed by atoms with Crippen molar-refractivity contribution in [2.45, 2.75) is 53.0 Å². The smallest absolute Gasteiger partial charge is 0.222 e. The molecule has 0 aromatic rings. The van der Waals surface area contributed by atoms with Crippen LogP contribution in [-0.4, -0.2) is 41.7 Å². The van der Waals surface area contributed by atoms with E-state index in [1.165, 1.54) is 0 Å². The first-order valence-corrected chi connectivity index (χ1v) is 6.44. The SMILES string of the molecule is CC(C)N(CCO)C(=O)CCC(C)(C)CCN. The van der Waals surface area contributed by atoms with E-state index in [-0.39, 0.29) is 24.0 Å². The minimum Gasteiger partial charge on any atom is -0.395 e. The molecule has 0 saturated carbocycles. The molecule has 0 aliphatic carbocycles. The fraction of sp³-hybridized carbons (Fsp3) is 0.923. The summed E-state index contributed by atoms with van der Waals surface area (Å²) in [5.74, 6) is 0.124. The molecule has 0 aliphatic rings. The predicted molar refractivity (Wildman–Crippen MR) is 70.6 cm³/mol. The van der Waals surface area contributed by atoms with Gasteiger partial charge in [-0.2, -0.15) is 0 Å². The summed E-state index contributed by atoms with van der Waals surface area (Å²) < 4.78 is 0. The Morgan fingerprint density at radius 2 is 1.94 bits per heavy atom. The maximum atomic E-state index is 12.0. The molecule has 4 nitrogen and oxygen atoms in total. The summed E-state index contributed by atoms with van der Waals surface area (Å²) in [6.45, 7) is 9.32. The van der Waals surface area contributed by atoms with Crippen molar-refractivity contribution in [3.8, 4) is 0 Å². The van der Waals surface area contributed by atoms with Crippen molar-refractivity contribution in [2.24, 2.45) is 11.1 Å². The second-order valence-corrected chi connectivity index (χ2v) is 5.61. The number of carbonyl (C=O) groups excluding carboxylic acids is 1. The third kappa shape index (κ3) is 6.64. The third-order valence-corrected chi connectivity index (χ3v) is 3.12. The molecule has 17 heavy (non-hydrogen) atoms. The van der Waals surface area contributed by atoms with Crippen LogP contribution < -0.4 is 5.73 Å². The molecule has 0 radical (unpaired) electrons. The zero-order valence-corrected chi connectivity index (χ0v) is 11.7. The lowest BCUT2D eigenvalue weighted by Gasteiger charge is -2.29. The molecule has 0 atom stereocenters. The summed E-state index contributed by atoms with van der Waals surface area (Å²) in [7, 11) is 0. The predicted octanol–water partition coefficient (Wildman–Crippen LogP) is 1.37. The molecule has 0 unspecified atom stereocenters. The molecule has 0 heterocycles. The van der Waals surface area contributed by atoms with Crippen LogP contribution in [0.5, 0.6) is 0 Å². The van der Waals surface area contributed by atoms with E-state index >= 15 is 0 Å². The molecule has 4 heteroatoms. The average Bonchev–Trinajstić information content (AvgIpc) is 2.22. The number of aliphatic hydroxyl groups is 1. The number of aliphatic hydroxyl groups excluding tert-OH is 1. The van der Waals surface area contributed by atoms with Crippen molar-refractivity contribution in [2.75, 3.05) is 19.7 Å². The van der Waals surface area contributed by atoms with Gasteiger partial charge in [0.05, 0.1) is 6.61 Å². The van der Waals surface area contributed by atoms with Gasteiger partial charge in [-0.15, -0.1) is 0 Å². The molecule has 0 saturated heterocycles. The normalized spacial score (nSPS) is 11.9. The van der Waals surface area contributed by atoms with Gasteiger partial charge in [0.2, 0.25) is 5.91 Å². The van der Waals surface area contributed by atoms with Gasteiger partial charge < -0.3 is 15.7 Å². The van der Waals surface area contributed by atoms with Crippen molar-refractivity contribution < 1.29 is 9.90 Å². The van der Waals surface area contributed by atoms with E-state index in [1.54, 1.807) is 4.90 Å². The number of nitrogens with zero attached hydrogens (tertiary/aromatic N) is 1. The molecule has 1 amide bonds. The Morgan fingerprint density at radius 3 is 2.35 bits per heavy atom. The second kappa shape index (κ2) is 7.67. The molecular weight excluding hydrogens is 216 g/mol. The Bertz CT molecular complexity index is 227. The van der Waals surface area contributed by atoms with Gasteiger partial charge in [0.1, 0.15) is 0 Å². The second-order valence-electron chi connectivity index (χ2n) is 5.61. The summed E-state index contributed by atoms with van der Waals surface area (Å²) in [4.78, 5) is 13.7. The van der Waals surface area contributed by atoms with E-state index in [0.29, 0.717) is 19.5 Å². The summed E-state index contributed by atoms with van der Waals surface area (Å²) in [5, 5.41) is 8.94. The van der Waals surface area contributed by atoms with Gasteiger partial charge in [0, 0.05) is 19.0 Å². The number of rotatable bonds is 8. The van der Waals surface area contributed by atoms with Gasteiger partial charge in [-0.1, -0.05) is 13.8 Å². The van der Waals surface area contributed by atoms with E-state index in [9.17, 15) is 4.79 Å². The zero-order chi connectivity index (χ0) is 13.5. The monoisotopic (exact) mass is 244 g/mol. The van der Waals surface area contributed by atoms with Gasteiger partial charge in [-0.3, -0.25) is 4.79 Å². The maximum Gasteiger partial charge on any atom is 0.222 e. The first kappa shape index (κ1) is 16.4. The summed E-state index contributed by atoms with van der Waals surface area (Å²) >= 11 is 0. The van der Waals surface area contributed by atoms with Crippen LogP contribution in [0, 0.1) is 5.41 Å². The number of hydrogen-bond acceptors (Lipinski definition) is 3.